The van der Waals surface area contributed by atoms with Gasteiger partial charge in [-0.15, -0.1) is 0 Å². The molecule has 0 aliphatic carbocycles. The summed E-state index contributed by atoms with van der Waals surface area (Å²) in [5, 5.41) is 8.65. The molecule has 1 rings (SSSR count). The molecule has 11 heavy (non-hydrogen) atoms. The largest absolute Gasteiger partial charge is 0.477 e. The van der Waals surface area contributed by atoms with Crippen molar-refractivity contribution in [2.45, 2.75) is 13.0 Å². The summed E-state index contributed by atoms with van der Waals surface area (Å²) in [5.41, 5.74) is 0.285. The quantitative estimate of drug-likeness (QED) is 0.699. The zero-order chi connectivity index (χ0) is 8.43. The van der Waals surface area contributed by atoms with Crippen LogP contribution in [-0.2, 0) is 0 Å². The van der Waals surface area contributed by atoms with E-state index in [1.54, 1.807) is 22.9 Å². The van der Waals surface area contributed by atoms with Crippen LogP contribution >= 0.6 is 0 Å². The molecule has 0 aromatic carbocycles. The summed E-state index contributed by atoms with van der Waals surface area (Å²) >= 11 is 0. The fraction of sp³-hybridized carbons (Fsp3) is 0.250. The molecule has 1 heterocycles. The number of aromatic nitrogens is 1. The summed E-state index contributed by atoms with van der Waals surface area (Å²) in [6, 6.07) is 3.21. The van der Waals surface area contributed by atoms with Crippen LogP contribution in [0.3, 0.4) is 0 Å². The van der Waals surface area contributed by atoms with Crippen LogP contribution in [-0.4, -0.2) is 15.6 Å². The van der Waals surface area contributed by atoms with E-state index in [0.29, 0.717) is 0 Å². The second-order valence-corrected chi connectivity index (χ2v) is 2.45. The Morgan fingerprint density at radius 2 is 2.45 bits per heavy atom. The van der Waals surface area contributed by atoms with Crippen LogP contribution in [0.25, 0.3) is 0 Å². The van der Waals surface area contributed by atoms with Crippen LogP contribution < -0.4 is 0 Å². The summed E-state index contributed by atoms with van der Waals surface area (Å²) in [7, 11) is 0. The van der Waals surface area contributed by atoms with E-state index in [4.69, 9.17) is 5.11 Å². The highest BCUT2D eigenvalue weighted by atomic mass is 16.4. The van der Waals surface area contributed by atoms with Crippen LogP contribution in [0, 0.1) is 6.92 Å². The first kappa shape index (κ1) is 7.85. The number of carbonyl (C=O) groups is 1. The Morgan fingerprint density at radius 3 is 2.82 bits per heavy atom. The number of hydrogen-bond donors (Lipinski definition) is 1. The lowest BCUT2D eigenvalue weighted by Gasteiger charge is -2.08. The first-order valence-electron chi connectivity index (χ1n) is 3.36. The summed E-state index contributed by atoms with van der Waals surface area (Å²) in [4.78, 5) is 10.5. The third-order valence-corrected chi connectivity index (χ3v) is 1.47. The lowest BCUT2D eigenvalue weighted by Crippen LogP contribution is -2.09. The van der Waals surface area contributed by atoms with Crippen LogP contribution in [0.15, 0.2) is 18.3 Å². The van der Waals surface area contributed by atoms with Crippen molar-refractivity contribution >= 4 is 5.97 Å². The Morgan fingerprint density at radius 1 is 1.82 bits per heavy atom. The molecule has 0 saturated heterocycles. The fourth-order valence-electron chi connectivity index (χ4n) is 0.959. The smallest absolute Gasteiger partial charge is 0.352 e. The number of aromatic carboxylic acids is 1. The highest BCUT2D eigenvalue weighted by Gasteiger charge is 2.09. The third kappa shape index (κ3) is 1.42. The minimum absolute atomic E-state index is 0.0453. The van der Waals surface area contributed by atoms with Gasteiger partial charge in [-0.2, -0.15) is 0 Å². The Balaban J connectivity index is 3.06. The van der Waals surface area contributed by atoms with Gasteiger partial charge in [0, 0.05) is 12.2 Å². The van der Waals surface area contributed by atoms with E-state index in [2.05, 4.69) is 6.92 Å². The van der Waals surface area contributed by atoms with Gasteiger partial charge >= 0.3 is 5.97 Å². The number of rotatable bonds is 2. The summed E-state index contributed by atoms with van der Waals surface area (Å²) in [6.45, 7) is 5.56. The Hall–Kier alpha value is -1.25. The van der Waals surface area contributed by atoms with E-state index in [9.17, 15) is 4.79 Å². The highest BCUT2D eigenvalue weighted by molar-refractivity contribution is 5.85. The molecule has 59 valence electrons. The summed E-state index contributed by atoms with van der Waals surface area (Å²) < 4.78 is 1.61. The van der Waals surface area contributed by atoms with Gasteiger partial charge in [0.15, 0.2) is 0 Å². The normalized spacial score (nSPS) is 10.5. The monoisotopic (exact) mass is 152 g/mol. The van der Waals surface area contributed by atoms with Gasteiger partial charge in [-0.3, -0.25) is 0 Å². The third-order valence-electron chi connectivity index (χ3n) is 1.47. The van der Waals surface area contributed by atoms with Gasteiger partial charge in [0.05, 0.1) is 0 Å². The molecule has 1 unspecified atom stereocenters. The predicted molar refractivity (Wildman–Crippen MR) is 41.5 cm³/mol. The average molecular weight is 152 g/mol. The molecule has 0 bridgehead atoms. The van der Waals surface area contributed by atoms with E-state index in [1.807, 2.05) is 6.92 Å². The average Bonchev–Trinajstić information content (AvgIpc) is 2.32. The number of carboxylic acid groups (broad SMARTS) is 1. The maximum atomic E-state index is 10.5. The van der Waals surface area contributed by atoms with Crippen molar-refractivity contribution < 1.29 is 9.90 Å². The van der Waals surface area contributed by atoms with E-state index in [0.717, 1.165) is 0 Å². The van der Waals surface area contributed by atoms with Crippen LogP contribution in [0.2, 0.25) is 0 Å². The molecule has 0 aliphatic heterocycles. The topological polar surface area (TPSA) is 42.2 Å². The van der Waals surface area contributed by atoms with Gasteiger partial charge in [0.1, 0.15) is 5.69 Å². The Kier molecular flexibility index (Phi) is 1.98. The number of nitrogens with zero attached hydrogens (tertiary/aromatic N) is 1. The minimum atomic E-state index is -0.912. The van der Waals surface area contributed by atoms with Crippen molar-refractivity contribution in [3.63, 3.8) is 0 Å². The predicted octanol–water partition coefficient (Wildman–Crippen LogP) is 1.58. The molecular formula is C8H10NO2. The molecule has 0 fully saturated rings. The molecule has 1 aromatic rings. The van der Waals surface area contributed by atoms with Gasteiger partial charge in [-0.05, 0) is 26.0 Å². The standard InChI is InChI=1S/C8H10NO2/c1-6(2)9-5-3-4-7(9)8(10)11/h3-6H,1H2,2H3,(H,10,11). The fourth-order valence-corrected chi connectivity index (χ4v) is 0.959. The second-order valence-electron chi connectivity index (χ2n) is 2.45. The van der Waals surface area contributed by atoms with Crippen molar-refractivity contribution in [1.29, 1.82) is 0 Å². The Bertz CT molecular complexity index is 263. The lowest BCUT2D eigenvalue weighted by molar-refractivity contribution is 0.0684. The second kappa shape index (κ2) is 2.78. The molecule has 3 nitrogen and oxygen atoms in total. The zero-order valence-electron chi connectivity index (χ0n) is 6.32. The van der Waals surface area contributed by atoms with Crippen molar-refractivity contribution in [2.24, 2.45) is 0 Å². The maximum Gasteiger partial charge on any atom is 0.352 e. The maximum absolute atomic E-state index is 10.5. The van der Waals surface area contributed by atoms with Crippen LogP contribution in [0.1, 0.15) is 23.5 Å². The first-order valence-corrected chi connectivity index (χ1v) is 3.36. The molecule has 0 amide bonds. The molecule has 1 aromatic heterocycles. The van der Waals surface area contributed by atoms with Gasteiger partial charge < -0.3 is 9.67 Å². The van der Waals surface area contributed by atoms with Gasteiger partial charge in [-0.1, -0.05) is 0 Å². The molecular weight excluding hydrogens is 142 g/mol. The highest BCUT2D eigenvalue weighted by Crippen LogP contribution is 2.09. The summed E-state index contributed by atoms with van der Waals surface area (Å²) in [6.07, 6.45) is 1.71. The molecule has 0 aliphatic rings. The van der Waals surface area contributed by atoms with Gasteiger partial charge in [0.25, 0.3) is 0 Å². The van der Waals surface area contributed by atoms with E-state index in [-0.39, 0.29) is 11.7 Å². The molecule has 1 atom stereocenters. The van der Waals surface area contributed by atoms with Crippen molar-refractivity contribution in [3.05, 3.63) is 30.9 Å². The zero-order valence-corrected chi connectivity index (χ0v) is 6.32. The molecule has 1 N–H and O–H groups in total. The Labute approximate surface area is 65.3 Å². The molecule has 0 spiro atoms. The van der Waals surface area contributed by atoms with E-state index >= 15 is 0 Å². The molecule has 0 saturated carbocycles. The van der Waals surface area contributed by atoms with Crippen molar-refractivity contribution in [3.8, 4) is 0 Å². The molecule has 3 heteroatoms. The number of hydrogen-bond acceptors (Lipinski definition) is 1. The SMILES string of the molecule is [CH2]C(C)n1cccc1C(=O)O. The van der Waals surface area contributed by atoms with E-state index in [1.165, 1.54) is 0 Å². The molecule has 1 radical (unpaired) electrons. The van der Waals surface area contributed by atoms with Crippen molar-refractivity contribution in [2.75, 3.05) is 0 Å². The minimum Gasteiger partial charge on any atom is -0.477 e. The van der Waals surface area contributed by atoms with Gasteiger partial charge in [-0.25, -0.2) is 4.79 Å². The summed E-state index contributed by atoms with van der Waals surface area (Å²) in [5.74, 6) is -0.912. The van der Waals surface area contributed by atoms with Crippen LogP contribution in [0.4, 0.5) is 0 Å². The first-order chi connectivity index (χ1) is 5.13. The van der Waals surface area contributed by atoms with Gasteiger partial charge in [0.2, 0.25) is 0 Å². The van der Waals surface area contributed by atoms with Crippen molar-refractivity contribution in [1.82, 2.24) is 4.57 Å². The lowest BCUT2D eigenvalue weighted by atomic mass is 10.3. The van der Waals surface area contributed by atoms with E-state index < -0.39 is 5.97 Å². The number of carboxylic acids is 1. The van der Waals surface area contributed by atoms with Crippen LogP contribution in [0.5, 0.6) is 0 Å².